The lowest BCUT2D eigenvalue weighted by Crippen LogP contribution is -2.35. The summed E-state index contributed by atoms with van der Waals surface area (Å²) in [6.45, 7) is 3.54. The minimum atomic E-state index is -0.106. The molecule has 0 spiro atoms. The zero-order valence-electron chi connectivity index (χ0n) is 10.3. The molecular formula is C13H16N4O. The third kappa shape index (κ3) is 1.97. The highest BCUT2D eigenvalue weighted by atomic mass is 16.5. The average molecular weight is 244 g/mol. The van der Waals surface area contributed by atoms with Crippen LogP contribution in [0.3, 0.4) is 0 Å². The van der Waals surface area contributed by atoms with Gasteiger partial charge < -0.3 is 15.8 Å². The number of fused-ring (bicyclic) bond motifs is 1. The van der Waals surface area contributed by atoms with Crippen molar-refractivity contribution in [1.82, 2.24) is 9.97 Å². The number of ether oxygens (including phenoxy) is 1. The quantitative estimate of drug-likeness (QED) is 0.842. The highest BCUT2D eigenvalue weighted by Crippen LogP contribution is 2.26. The Morgan fingerprint density at radius 3 is 2.67 bits per heavy atom. The predicted octanol–water partition coefficient (Wildman–Crippen LogP) is 1.80. The summed E-state index contributed by atoms with van der Waals surface area (Å²) in [6, 6.07) is 7.70. The number of para-hydroxylation sites is 2. The van der Waals surface area contributed by atoms with Crippen molar-refractivity contribution in [1.29, 1.82) is 0 Å². The number of hydrogen-bond acceptors (Lipinski definition) is 5. The van der Waals surface area contributed by atoms with Crippen molar-refractivity contribution in [2.24, 2.45) is 0 Å². The monoisotopic (exact) mass is 244 g/mol. The molecule has 3 N–H and O–H groups in total. The van der Waals surface area contributed by atoms with Crippen molar-refractivity contribution >= 4 is 22.7 Å². The van der Waals surface area contributed by atoms with E-state index in [-0.39, 0.29) is 5.54 Å². The second-order valence-corrected chi connectivity index (χ2v) is 4.93. The molecule has 2 aromatic rings. The first-order valence-electron chi connectivity index (χ1n) is 6.04. The van der Waals surface area contributed by atoms with Gasteiger partial charge in [0.25, 0.3) is 0 Å². The minimum Gasteiger partial charge on any atom is -0.381 e. The molecule has 0 aliphatic carbocycles. The topological polar surface area (TPSA) is 73.1 Å². The first-order chi connectivity index (χ1) is 8.66. The molecule has 0 radical (unpaired) electrons. The number of nitrogens with zero attached hydrogens (tertiary/aromatic N) is 2. The smallest absolute Gasteiger partial charge is 0.170 e. The molecule has 5 nitrogen and oxygen atoms in total. The summed E-state index contributed by atoms with van der Waals surface area (Å²) < 4.78 is 5.41. The van der Waals surface area contributed by atoms with Crippen LogP contribution in [0.25, 0.3) is 11.0 Å². The fourth-order valence-corrected chi connectivity index (χ4v) is 2.16. The van der Waals surface area contributed by atoms with Crippen molar-refractivity contribution in [2.75, 3.05) is 24.3 Å². The molecule has 1 aliphatic rings. The largest absolute Gasteiger partial charge is 0.381 e. The van der Waals surface area contributed by atoms with Crippen LogP contribution < -0.4 is 11.1 Å². The van der Waals surface area contributed by atoms with Gasteiger partial charge in [0.05, 0.1) is 23.2 Å². The van der Waals surface area contributed by atoms with Gasteiger partial charge in [0, 0.05) is 6.61 Å². The zero-order valence-corrected chi connectivity index (χ0v) is 10.3. The van der Waals surface area contributed by atoms with Gasteiger partial charge in [-0.15, -0.1) is 0 Å². The van der Waals surface area contributed by atoms with Crippen LogP contribution >= 0.6 is 0 Å². The maximum atomic E-state index is 5.95. The predicted molar refractivity (Wildman–Crippen MR) is 71.4 cm³/mol. The fourth-order valence-electron chi connectivity index (χ4n) is 2.16. The molecule has 2 heterocycles. The lowest BCUT2D eigenvalue weighted by Gasteiger charge is -2.24. The Kier molecular flexibility index (Phi) is 2.56. The van der Waals surface area contributed by atoms with Crippen LogP contribution in [0, 0.1) is 0 Å². The van der Waals surface area contributed by atoms with Crippen molar-refractivity contribution in [2.45, 2.75) is 18.9 Å². The van der Waals surface area contributed by atoms with E-state index in [1.165, 1.54) is 0 Å². The minimum absolute atomic E-state index is 0.106. The van der Waals surface area contributed by atoms with Gasteiger partial charge in [0.1, 0.15) is 0 Å². The summed E-state index contributed by atoms with van der Waals surface area (Å²) in [5.41, 5.74) is 7.50. The second kappa shape index (κ2) is 4.10. The zero-order chi connectivity index (χ0) is 12.6. The molecule has 1 aromatic heterocycles. The van der Waals surface area contributed by atoms with E-state index in [2.05, 4.69) is 22.2 Å². The van der Waals surface area contributed by atoms with Gasteiger partial charge in [0.2, 0.25) is 0 Å². The van der Waals surface area contributed by atoms with E-state index in [9.17, 15) is 0 Å². The van der Waals surface area contributed by atoms with Crippen LogP contribution in [0.4, 0.5) is 11.6 Å². The number of aromatic nitrogens is 2. The fraction of sp³-hybridized carbons (Fsp3) is 0.385. The van der Waals surface area contributed by atoms with Gasteiger partial charge in [-0.25, -0.2) is 9.97 Å². The number of nitrogens with two attached hydrogens (primary N) is 1. The van der Waals surface area contributed by atoms with Crippen LogP contribution in [0.2, 0.25) is 0 Å². The Bertz CT molecular complexity index is 578. The Morgan fingerprint density at radius 2 is 2.00 bits per heavy atom. The molecular weight excluding hydrogens is 228 g/mol. The number of benzene rings is 1. The van der Waals surface area contributed by atoms with Crippen LogP contribution in [0.1, 0.15) is 13.3 Å². The molecule has 1 aromatic carbocycles. The van der Waals surface area contributed by atoms with E-state index in [0.717, 1.165) is 24.1 Å². The highest BCUT2D eigenvalue weighted by molar-refractivity contribution is 5.79. The summed E-state index contributed by atoms with van der Waals surface area (Å²) in [7, 11) is 0. The molecule has 1 fully saturated rings. The number of hydrogen-bond donors (Lipinski definition) is 2. The van der Waals surface area contributed by atoms with Gasteiger partial charge in [-0.2, -0.15) is 0 Å². The summed E-state index contributed by atoms with van der Waals surface area (Å²) >= 11 is 0. The number of nitrogen functional groups attached to an aromatic ring is 1. The number of rotatable bonds is 2. The van der Waals surface area contributed by atoms with Gasteiger partial charge in [-0.1, -0.05) is 12.1 Å². The van der Waals surface area contributed by atoms with Crippen LogP contribution in [0.15, 0.2) is 24.3 Å². The third-order valence-electron chi connectivity index (χ3n) is 3.24. The molecule has 0 amide bonds. The van der Waals surface area contributed by atoms with Gasteiger partial charge in [-0.05, 0) is 25.5 Å². The maximum Gasteiger partial charge on any atom is 0.170 e. The average Bonchev–Trinajstić information content (AvgIpc) is 2.77. The van der Waals surface area contributed by atoms with E-state index < -0.39 is 0 Å². The number of nitrogens with one attached hydrogen (secondary N) is 1. The molecule has 0 saturated carbocycles. The first-order valence-corrected chi connectivity index (χ1v) is 6.04. The molecule has 1 unspecified atom stereocenters. The Morgan fingerprint density at radius 1 is 1.28 bits per heavy atom. The summed E-state index contributed by atoms with van der Waals surface area (Å²) in [4.78, 5) is 8.89. The second-order valence-electron chi connectivity index (χ2n) is 4.93. The lowest BCUT2D eigenvalue weighted by atomic mass is 10.0. The Balaban J connectivity index is 1.98. The van der Waals surface area contributed by atoms with E-state index >= 15 is 0 Å². The summed E-state index contributed by atoms with van der Waals surface area (Å²) in [6.07, 6.45) is 0.945. The molecule has 0 bridgehead atoms. The molecule has 1 aliphatic heterocycles. The van der Waals surface area contributed by atoms with Crippen LogP contribution in [-0.2, 0) is 4.74 Å². The van der Waals surface area contributed by atoms with E-state index in [1.54, 1.807) is 0 Å². The van der Waals surface area contributed by atoms with E-state index in [1.807, 2.05) is 24.3 Å². The number of anilines is 2. The van der Waals surface area contributed by atoms with Crippen molar-refractivity contribution < 1.29 is 4.74 Å². The van der Waals surface area contributed by atoms with Crippen molar-refractivity contribution in [3.8, 4) is 0 Å². The van der Waals surface area contributed by atoms with E-state index in [0.29, 0.717) is 18.2 Å². The summed E-state index contributed by atoms with van der Waals surface area (Å²) in [5.74, 6) is 1.07. The SMILES string of the molecule is CC1(Nc2nc3ccccc3nc2N)CCOC1. The molecule has 18 heavy (non-hydrogen) atoms. The highest BCUT2D eigenvalue weighted by Gasteiger charge is 2.30. The normalized spacial score (nSPS) is 23.4. The Labute approximate surface area is 105 Å². The van der Waals surface area contributed by atoms with Gasteiger partial charge in [-0.3, -0.25) is 0 Å². The van der Waals surface area contributed by atoms with Crippen LogP contribution in [0.5, 0.6) is 0 Å². The lowest BCUT2D eigenvalue weighted by molar-refractivity contribution is 0.185. The van der Waals surface area contributed by atoms with Crippen molar-refractivity contribution in [3.63, 3.8) is 0 Å². The molecule has 5 heteroatoms. The van der Waals surface area contributed by atoms with Crippen LogP contribution in [-0.4, -0.2) is 28.7 Å². The Hall–Kier alpha value is -1.88. The standard InChI is InChI=1S/C13H16N4O/c1-13(6-7-18-8-13)17-12-11(14)15-9-4-2-3-5-10(9)16-12/h2-5H,6-8H2,1H3,(H2,14,15)(H,16,17). The first kappa shape index (κ1) is 11.2. The molecule has 1 saturated heterocycles. The maximum absolute atomic E-state index is 5.95. The third-order valence-corrected chi connectivity index (χ3v) is 3.24. The molecule has 1 atom stereocenters. The van der Waals surface area contributed by atoms with Crippen molar-refractivity contribution in [3.05, 3.63) is 24.3 Å². The van der Waals surface area contributed by atoms with Gasteiger partial charge >= 0.3 is 0 Å². The molecule has 3 rings (SSSR count). The molecule has 94 valence electrons. The van der Waals surface area contributed by atoms with Gasteiger partial charge in [0.15, 0.2) is 11.6 Å². The summed E-state index contributed by atoms with van der Waals surface area (Å²) in [5, 5.41) is 3.35. The van der Waals surface area contributed by atoms with E-state index in [4.69, 9.17) is 10.5 Å².